The predicted molar refractivity (Wildman–Crippen MR) is 64.8 cm³/mol. The van der Waals surface area contributed by atoms with Crippen LogP contribution in [-0.2, 0) is 0 Å². The average Bonchev–Trinajstić information content (AvgIpc) is 2.28. The minimum atomic E-state index is 0.0836. The van der Waals surface area contributed by atoms with Crippen molar-refractivity contribution >= 4 is 21.5 Å². The minimum absolute atomic E-state index is 0.0836. The van der Waals surface area contributed by atoms with Crippen LogP contribution in [0.15, 0.2) is 48.5 Å². The zero-order chi connectivity index (χ0) is 11.1. The molecule has 16 heavy (non-hydrogen) atoms. The fourth-order valence-corrected chi connectivity index (χ4v) is 2.11. The van der Waals surface area contributed by atoms with Crippen molar-refractivity contribution in [2.45, 2.75) is 0 Å². The summed E-state index contributed by atoms with van der Waals surface area (Å²) in [6.45, 7) is 0. The highest BCUT2D eigenvalue weighted by molar-refractivity contribution is 6.10. The second-order valence-electron chi connectivity index (χ2n) is 3.85. The van der Waals surface area contributed by atoms with Gasteiger partial charge in [-0.2, -0.15) is 0 Å². The maximum atomic E-state index is 9.89. The Labute approximate surface area is 92.4 Å². The molecule has 0 spiro atoms. The van der Waals surface area contributed by atoms with Crippen LogP contribution in [0.3, 0.4) is 0 Å². The highest BCUT2D eigenvalue weighted by Crippen LogP contribution is 2.35. The van der Waals surface area contributed by atoms with Crippen molar-refractivity contribution in [2.75, 3.05) is 0 Å². The van der Waals surface area contributed by atoms with Gasteiger partial charge in [0.15, 0.2) is 0 Å². The fraction of sp³-hybridized carbons (Fsp3) is 0. The van der Waals surface area contributed by atoms with Gasteiger partial charge in [-0.3, -0.25) is 0 Å². The fourth-order valence-electron chi connectivity index (χ4n) is 2.11. The van der Waals surface area contributed by atoms with E-state index in [1.165, 1.54) is 6.07 Å². The molecular formula is C14H10O2. The molecule has 0 radical (unpaired) electrons. The molecule has 0 saturated carbocycles. The van der Waals surface area contributed by atoms with Crippen LogP contribution in [-0.4, -0.2) is 10.2 Å². The van der Waals surface area contributed by atoms with E-state index < -0.39 is 0 Å². The van der Waals surface area contributed by atoms with Gasteiger partial charge < -0.3 is 10.2 Å². The molecule has 3 aromatic carbocycles. The lowest BCUT2D eigenvalue weighted by molar-refractivity contribution is 0.455. The van der Waals surface area contributed by atoms with Gasteiger partial charge in [0.05, 0.1) is 0 Å². The molecule has 0 atom stereocenters. The summed E-state index contributed by atoms with van der Waals surface area (Å²) in [6, 6.07) is 14.8. The Morgan fingerprint density at radius 1 is 0.750 bits per heavy atom. The smallest absolute Gasteiger partial charge is 0.127 e. The second-order valence-corrected chi connectivity index (χ2v) is 3.85. The quantitative estimate of drug-likeness (QED) is 0.558. The number of aromatic hydroxyl groups is 2. The van der Waals surface area contributed by atoms with Crippen LogP contribution in [0.25, 0.3) is 21.5 Å². The normalized spacial score (nSPS) is 11.0. The molecule has 0 bridgehead atoms. The molecule has 0 aliphatic carbocycles. The Balaban J connectivity index is 2.60. The van der Waals surface area contributed by atoms with Crippen LogP contribution in [0.4, 0.5) is 0 Å². The number of phenolic OH excluding ortho intramolecular Hbond substituents is 2. The maximum Gasteiger partial charge on any atom is 0.127 e. The number of hydrogen-bond acceptors (Lipinski definition) is 2. The number of phenols is 2. The summed E-state index contributed by atoms with van der Waals surface area (Å²) < 4.78 is 0. The first-order valence-corrected chi connectivity index (χ1v) is 5.09. The van der Waals surface area contributed by atoms with Gasteiger partial charge in [0.2, 0.25) is 0 Å². The number of rotatable bonds is 0. The maximum absolute atomic E-state index is 9.89. The average molecular weight is 210 g/mol. The van der Waals surface area contributed by atoms with Gasteiger partial charge in [0.1, 0.15) is 11.5 Å². The molecule has 3 rings (SSSR count). The van der Waals surface area contributed by atoms with Crippen LogP contribution in [0.2, 0.25) is 0 Å². The molecule has 0 fully saturated rings. The number of hydrogen-bond donors (Lipinski definition) is 2. The van der Waals surface area contributed by atoms with Crippen molar-refractivity contribution in [1.29, 1.82) is 0 Å². The predicted octanol–water partition coefficient (Wildman–Crippen LogP) is 3.40. The minimum Gasteiger partial charge on any atom is -0.508 e. The Morgan fingerprint density at radius 3 is 2.38 bits per heavy atom. The van der Waals surface area contributed by atoms with Crippen molar-refractivity contribution in [3.8, 4) is 11.5 Å². The van der Waals surface area contributed by atoms with Gasteiger partial charge in [-0.1, -0.05) is 36.4 Å². The molecule has 0 aromatic heterocycles. The lowest BCUT2D eigenvalue weighted by Crippen LogP contribution is -1.78. The number of benzene rings is 3. The Morgan fingerprint density at radius 2 is 1.50 bits per heavy atom. The first-order chi connectivity index (χ1) is 7.75. The lowest BCUT2D eigenvalue weighted by atomic mass is 10.0. The molecule has 0 aliphatic heterocycles. The van der Waals surface area contributed by atoms with Gasteiger partial charge in [-0.15, -0.1) is 0 Å². The van der Waals surface area contributed by atoms with E-state index in [0.717, 1.165) is 21.5 Å². The van der Waals surface area contributed by atoms with E-state index in [4.69, 9.17) is 0 Å². The van der Waals surface area contributed by atoms with Crippen molar-refractivity contribution in [3.05, 3.63) is 48.5 Å². The standard InChI is InChI=1S/C14H10O2/c15-11-7-10-6-5-9-3-1-2-4-12(9)14(10)13(16)8-11/h1-8,15-16H. The summed E-state index contributed by atoms with van der Waals surface area (Å²) >= 11 is 0. The summed E-state index contributed by atoms with van der Waals surface area (Å²) in [5, 5.41) is 23.0. The van der Waals surface area contributed by atoms with E-state index in [1.807, 2.05) is 36.4 Å². The van der Waals surface area contributed by atoms with Crippen molar-refractivity contribution in [3.63, 3.8) is 0 Å². The first-order valence-electron chi connectivity index (χ1n) is 5.09. The van der Waals surface area contributed by atoms with E-state index in [0.29, 0.717) is 0 Å². The summed E-state index contributed by atoms with van der Waals surface area (Å²) in [7, 11) is 0. The van der Waals surface area contributed by atoms with E-state index in [1.54, 1.807) is 6.07 Å². The topological polar surface area (TPSA) is 40.5 Å². The van der Waals surface area contributed by atoms with Crippen LogP contribution < -0.4 is 0 Å². The molecule has 0 heterocycles. The lowest BCUT2D eigenvalue weighted by Gasteiger charge is -2.06. The first kappa shape index (κ1) is 9.04. The largest absolute Gasteiger partial charge is 0.508 e. The van der Waals surface area contributed by atoms with Crippen LogP contribution in [0, 0.1) is 0 Å². The zero-order valence-electron chi connectivity index (χ0n) is 8.51. The third kappa shape index (κ3) is 1.20. The molecule has 0 aliphatic rings. The van der Waals surface area contributed by atoms with Gasteiger partial charge >= 0.3 is 0 Å². The molecule has 0 unspecified atom stereocenters. The van der Waals surface area contributed by atoms with Crippen LogP contribution in [0.1, 0.15) is 0 Å². The van der Waals surface area contributed by atoms with Crippen LogP contribution >= 0.6 is 0 Å². The second kappa shape index (κ2) is 3.14. The Kier molecular flexibility index (Phi) is 1.77. The van der Waals surface area contributed by atoms with E-state index >= 15 is 0 Å². The Hall–Kier alpha value is -2.22. The van der Waals surface area contributed by atoms with Crippen molar-refractivity contribution < 1.29 is 10.2 Å². The summed E-state index contributed by atoms with van der Waals surface area (Å²) in [5.74, 6) is 0.201. The molecule has 3 aromatic rings. The van der Waals surface area contributed by atoms with Gasteiger partial charge in [0.25, 0.3) is 0 Å². The Bertz CT molecular complexity index is 687. The molecule has 0 saturated heterocycles. The van der Waals surface area contributed by atoms with Gasteiger partial charge in [0, 0.05) is 11.5 Å². The van der Waals surface area contributed by atoms with Crippen molar-refractivity contribution in [2.24, 2.45) is 0 Å². The van der Waals surface area contributed by atoms with E-state index in [9.17, 15) is 10.2 Å². The van der Waals surface area contributed by atoms with E-state index in [2.05, 4.69) is 0 Å². The number of fused-ring (bicyclic) bond motifs is 3. The highest BCUT2D eigenvalue weighted by atomic mass is 16.3. The molecular weight excluding hydrogens is 200 g/mol. The van der Waals surface area contributed by atoms with Gasteiger partial charge in [-0.05, 0) is 22.2 Å². The van der Waals surface area contributed by atoms with E-state index in [-0.39, 0.29) is 11.5 Å². The molecule has 0 amide bonds. The third-order valence-corrected chi connectivity index (χ3v) is 2.81. The summed E-state index contributed by atoms with van der Waals surface area (Å²) in [4.78, 5) is 0. The summed E-state index contributed by atoms with van der Waals surface area (Å²) in [5.41, 5.74) is 0. The van der Waals surface area contributed by atoms with Gasteiger partial charge in [-0.25, -0.2) is 0 Å². The molecule has 78 valence electrons. The molecule has 2 nitrogen and oxygen atoms in total. The third-order valence-electron chi connectivity index (χ3n) is 2.81. The monoisotopic (exact) mass is 210 g/mol. The van der Waals surface area contributed by atoms with Crippen molar-refractivity contribution in [1.82, 2.24) is 0 Å². The zero-order valence-corrected chi connectivity index (χ0v) is 8.51. The SMILES string of the molecule is Oc1cc(O)c2c(ccc3ccccc32)c1. The molecule has 2 N–H and O–H groups in total. The van der Waals surface area contributed by atoms with Crippen LogP contribution in [0.5, 0.6) is 11.5 Å². The highest BCUT2D eigenvalue weighted by Gasteiger charge is 2.06. The summed E-state index contributed by atoms with van der Waals surface area (Å²) in [6.07, 6.45) is 0. The molecule has 2 heteroatoms.